The highest BCUT2D eigenvalue weighted by Gasteiger charge is 2.46. The molecule has 2 bridgehead atoms. The third kappa shape index (κ3) is 1.68. The van der Waals surface area contributed by atoms with E-state index in [1.54, 1.807) is 12.1 Å². The number of nitrogen functional groups attached to an aromatic ring is 1. The lowest BCUT2D eigenvalue weighted by Gasteiger charge is -2.30. The molecule has 0 radical (unpaired) electrons. The number of hydrogen-bond donors (Lipinski definition) is 1. The Morgan fingerprint density at radius 1 is 1.21 bits per heavy atom. The molecule has 1 aromatic rings. The fraction of sp³-hybridized carbons (Fsp3) is 0.357. The highest BCUT2D eigenvalue weighted by atomic mass is 16.2. The van der Waals surface area contributed by atoms with Crippen LogP contribution < -0.4 is 10.6 Å². The summed E-state index contributed by atoms with van der Waals surface area (Å²) in [5.74, 6) is -0.430. The fourth-order valence-electron chi connectivity index (χ4n) is 2.97. The molecule has 1 saturated carbocycles. The number of carbonyl (C=O) groups excluding carboxylic acids is 2. The van der Waals surface area contributed by atoms with Crippen molar-refractivity contribution < 1.29 is 9.59 Å². The number of nitrogens with two attached hydrogens (primary N) is 1. The second-order valence-corrected chi connectivity index (χ2v) is 5.10. The molecule has 3 rings (SSSR count). The first-order valence-electron chi connectivity index (χ1n) is 6.29. The first kappa shape index (κ1) is 11.7. The Morgan fingerprint density at radius 3 is 2.37 bits per heavy atom. The Morgan fingerprint density at radius 2 is 1.84 bits per heavy atom. The average Bonchev–Trinajstić information content (AvgIpc) is 2.85. The third-order valence-electron chi connectivity index (χ3n) is 3.97. The number of carbonyl (C=O) groups is 2. The van der Waals surface area contributed by atoms with Crippen molar-refractivity contribution in [2.24, 2.45) is 11.8 Å². The zero-order valence-corrected chi connectivity index (χ0v) is 10.3. The summed E-state index contributed by atoms with van der Waals surface area (Å²) in [7, 11) is 0. The van der Waals surface area contributed by atoms with Gasteiger partial charge in [0, 0.05) is 11.8 Å². The van der Waals surface area contributed by atoms with Gasteiger partial charge in [0.15, 0.2) is 0 Å². The molecule has 0 aromatic heterocycles. The molecule has 0 spiro atoms. The lowest BCUT2D eigenvalue weighted by atomic mass is 9.96. The van der Waals surface area contributed by atoms with E-state index >= 15 is 0 Å². The summed E-state index contributed by atoms with van der Waals surface area (Å²) in [4.78, 5) is 25.8. The number of benzene rings is 1. The van der Waals surface area contributed by atoms with E-state index in [4.69, 9.17) is 11.0 Å². The molecule has 1 aliphatic heterocycles. The van der Waals surface area contributed by atoms with Crippen LogP contribution >= 0.6 is 0 Å². The van der Waals surface area contributed by atoms with Gasteiger partial charge in [-0.2, -0.15) is 5.26 Å². The molecule has 2 aliphatic rings. The lowest BCUT2D eigenvalue weighted by molar-refractivity contribution is -0.132. The van der Waals surface area contributed by atoms with Crippen LogP contribution in [0, 0.1) is 23.2 Å². The normalized spacial score (nSPS) is 25.5. The summed E-state index contributed by atoms with van der Waals surface area (Å²) in [5, 5.41) is 8.81. The summed E-state index contributed by atoms with van der Waals surface area (Å²) < 4.78 is 0. The molecule has 2 N–H and O–H groups in total. The Kier molecular flexibility index (Phi) is 2.53. The summed E-state index contributed by atoms with van der Waals surface area (Å²) in [6.07, 6.45) is 2.23. The maximum Gasteiger partial charge on any atom is 0.236 e. The van der Waals surface area contributed by atoms with Gasteiger partial charge in [0.05, 0.1) is 23.0 Å². The van der Waals surface area contributed by atoms with Gasteiger partial charge in [-0.15, -0.1) is 0 Å². The summed E-state index contributed by atoms with van der Waals surface area (Å²) >= 11 is 0. The van der Waals surface area contributed by atoms with Crippen LogP contribution in [-0.2, 0) is 9.59 Å². The highest BCUT2D eigenvalue weighted by Crippen LogP contribution is 2.41. The molecule has 5 nitrogen and oxygen atoms in total. The van der Waals surface area contributed by atoms with Crippen molar-refractivity contribution in [1.82, 2.24) is 0 Å². The molecule has 2 fully saturated rings. The van der Waals surface area contributed by atoms with Crippen molar-refractivity contribution in [3.8, 4) is 6.07 Å². The minimum Gasteiger partial charge on any atom is -0.397 e. The molecular formula is C14H13N3O2. The molecule has 2 unspecified atom stereocenters. The average molecular weight is 255 g/mol. The lowest BCUT2D eigenvalue weighted by Crippen LogP contribution is -2.46. The summed E-state index contributed by atoms with van der Waals surface area (Å²) in [6, 6.07) is 6.62. The predicted octanol–water partition coefficient (Wildman–Crippen LogP) is 1.43. The number of amides is 2. The van der Waals surface area contributed by atoms with E-state index in [1.165, 1.54) is 11.0 Å². The zero-order valence-electron chi connectivity index (χ0n) is 10.3. The molecule has 96 valence electrons. The van der Waals surface area contributed by atoms with Crippen molar-refractivity contribution in [2.45, 2.75) is 19.3 Å². The van der Waals surface area contributed by atoms with Crippen molar-refractivity contribution in [3.05, 3.63) is 23.8 Å². The molecule has 1 aromatic carbocycles. The van der Waals surface area contributed by atoms with Crippen LogP contribution in [-0.4, -0.2) is 11.8 Å². The molecular weight excluding hydrogens is 242 g/mol. The van der Waals surface area contributed by atoms with E-state index in [9.17, 15) is 9.59 Å². The van der Waals surface area contributed by atoms with Gasteiger partial charge in [0.2, 0.25) is 11.8 Å². The quantitative estimate of drug-likeness (QED) is 0.607. The molecule has 1 aliphatic carbocycles. The second kappa shape index (κ2) is 4.09. The Balaban J connectivity index is 2.04. The number of anilines is 2. The summed E-state index contributed by atoms with van der Waals surface area (Å²) in [6.45, 7) is 0. The first-order chi connectivity index (χ1) is 9.11. The number of nitriles is 1. The van der Waals surface area contributed by atoms with Crippen LogP contribution in [0.15, 0.2) is 18.2 Å². The highest BCUT2D eigenvalue weighted by molar-refractivity contribution is 6.20. The number of nitrogens with zero attached hydrogens (tertiary/aromatic N) is 2. The van der Waals surface area contributed by atoms with Gasteiger partial charge < -0.3 is 5.73 Å². The largest absolute Gasteiger partial charge is 0.397 e. The topological polar surface area (TPSA) is 87.2 Å². The fourth-order valence-corrected chi connectivity index (χ4v) is 2.97. The maximum absolute atomic E-state index is 12.3. The van der Waals surface area contributed by atoms with Gasteiger partial charge >= 0.3 is 0 Å². The number of rotatable bonds is 1. The minimum absolute atomic E-state index is 0.0576. The van der Waals surface area contributed by atoms with Gasteiger partial charge in [0.25, 0.3) is 0 Å². The third-order valence-corrected chi connectivity index (χ3v) is 3.97. The molecule has 1 saturated heterocycles. The van der Waals surface area contributed by atoms with E-state index in [2.05, 4.69) is 0 Å². The number of fused-ring (bicyclic) bond motifs is 2. The van der Waals surface area contributed by atoms with E-state index in [-0.39, 0.29) is 23.7 Å². The van der Waals surface area contributed by atoms with E-state index in [0.29, 0.717) is 23.4 Å². The van der Waals surface area contributed by atoms with Crippen LogP contribution in [0.5, 0.6) is 0 Å². The monoisotopic (exact) mass is 255 g/mol. The Bertz CT molecular complexity index is 596. The van der Waals surface area contributed by atoms with Crippen molar-refractivity contribution >= 4 is 23.2 Å². The SMILES string of the molecule is N#Cc1ccc(N2C(=O)C3CCC(C3)C2=O)c(N)c1. The Hall–Kier alpha value is -2.35. The van der Waals surface area contributed by atoms with Gasteiger partial charge in [-0.3, -0.25) is 9.59 Å². The number of imide groups is 1. The van der Waals surface area contributed by atoms with Crippen molar-refractivity contribution in [1.29, 1.82) is 5.26 Å². The van der Waals surface area contributed by atoms with E-state index in [0.717, 1.165) is 12.8 Å². The van der Waals surface area contributed by atoms with Crippen LogP contribution in [0.2, 0.25) is 0 Å². The van der Waals surface area contributed by atoms with Crippen LogP contribution in [0.25, 0.3) is 0 Å². The molecule has 19 heavy (non-hydrogen) atoms. The van der Waals surface area contributed by atoms with Gasteiger partial charge in [-0.25, -0.2) is 4.90 Å². The van der Waals surface area contributed by atoms with Crippen LogP contribution in [0.1, 0.15) is 24.8 Å². The van der Waals surface area contributed by atoms with Crippen molar-refractivity contribution in [2.75, 3.05) is 10.6 Å². The Labute approximate surface area is 110 Å². The zero-order chi connectivity index (χ0) is 13.6. The summed E-state index contributed by atoms with van der Waals surface area (Å²) in [5.41, 5.74) is 6.99. The van der Waals surface area contributed by atoms with E-state index in [1.807, 2.05) is 6.07 Å². The maximum atomic E-state index is 12.3. The number of hydrogen-bond acceptors (Lipinski definition) is 4. The molecule has 1 heterocycles. The minimum atomic E-state index is -0.157. The van der Waals surface area contributed by atoms with Crippen molar-refractivity contribution in [3.63, 3.8) is 0 Å². The number of piperidine rings is 1. The van der Waals surface area contributed by atoms with Gasteiger partial charge in [-0.05, 0) is 37.5 Å². The van der Waals surface area contributed by atoms with Crippen LogP contribution in [0.3, 0.4) is 0 Å². The van der Waals surface area contributed by atoms with Gasteiger partial charge in [-0.1, -0.05) is 0 Å². The van der Waals surface area contributed by atoms with E-state index < -0.39 is 0 Å². The van der Waals surface area contributed by atoms with Crippen LogP contribution in [0.4, 0.5) is 11.4 Å². The van der Waals surface area contributed by atoms with Gasteiger partial charge in [0.1, 0.15) is 0 Å². The predicted molar refractivity (Wildman–Crippen MR) is 68.9 cm³/mol. The molecule has 2 amide bonds. The second-order valence-electron chi connectivity index (χ2n) is 5.10. The first-order valence-corrected chi connectivity index (χ1v) is 6.29. The molecule has 5 heteroatoms. The smallest absolute Gasteiger partial charge is 0.236 e. The standard InChI is InChI=1S/C14H13N3O2/c15-7-8-1-4-12(11(16)5-8)17-13(18)9-2-3-10(6-9)14(17)19/h1,4-5,9-10H,2-3,6,16H2. The molecule has 2 atom stereocenters.